The number of hydrogen-bond acceptors (Lipinski definition) is 7. The zero-order valence-corrected chi connectivity index (χ0v) is 19.1. The van der Waals surface area contributed by atoms with Gasteiger partial charge in [0.25, 0.3) is 5.91 Å². The zero-order valence-electron chi connectivity index (χ0n) is 19.1. The van der Waals surface area contributed by atoms with E-state index >= 15 is 0 Å². The van der Waals surface area contributed by atoms with Crippen LogP contribution in [0.2, 0.25) is 0 Å². The maximum Gasteiger partial charge on any atom is 0.307 e. The Hall–Kier alpha value is -3.42. The molecule has 1 heterocycles. The van der Waals surface area contributed by atoms with E-state index < -0.39 is 12.0 Å². The van der Waals surface area contributed by atoms with Crippen LogP contribution in [0.1, 0.15) is 29.2 Å². The Morgan fingerprint density at radius 2 is 1.59 bits per heavy atom. The molecule has 2 aromatic carbocycles. The van der Waals surface area contributed by atoms with Crippen molar-refractivity contribution in [3.8, 4) is 23.0 Å². The average Bonchev–Trinajstić information content (AvgIpc) is 2.81. The molecule has 0 spiro atoms. The van der Waals surface area contributed by atoms with Crippen molar-refractivity contribution >= 4 is 11.9 Å². The first-order chi connectivity index (χ1) is 15.4. The molecule has 1 amide bonds. The Morgan fingerprint density at radius 1 is 0.938 bits per heavy atom. The molecule has 0 aromatic heterocycles. The maximum absolute atomic E-state index is 13.2. The number of carbonyl (C=O) groups excluding carboxylic acids is 2. The number of carbonyl (C=O) groups is 2. The largest absolute Gasteiger partial charge is 0.493 e. The number of ether oxygens (including phenoxy) is 5. The summed E-state index contributed by atoms with van der Waals surface area (Å²) < 4.78 is 26.8. The van der Waals surface area contributed by atoms with Crippen LogP contribution in [0.4, 0.5) is 0 Å². The number of aryl methyl sites for hydroxylation is 1. The highest BCUT2D eigenvalue weighted by molar-refractivity contribution is 5.80. The molecule has 8 nitrogen and oxygen atoms in total. The Morgan fingerprint density at radius 3 is 2.25 bits per heavy atom. The van der Waals surface area contributed by atoms with Crippen molar-refractivity contribution < 1.29 is 33.3 Å². The third kappa shape index (κ3) is 4.90. The van der Waals surface area contributed by atoms with Gasteiger partial charge in [0.1, 0.15) is 0 Å². The van der Waals surface area contributed by atoms with Gasteiger partial charge in [-0.25, -0.2) is 0 Å². The second-order valence-electron chi connectivity index (χ2n) is 7.48. The van der Waals surface area contributed by atoms with E-state index in [1.807, 2.05) is 31.2 Å². The molecule has 0 aliphatic carbocycles. The van der Waals surface area contributed by atoms with Crippen LogP contribution in [0, 0.1) is 6.92 Å². The second-order valence-corrected chi connectivity index (χ2v) is 7.48. The lowest BCUT2D eigenvalue weighted by atomic mass is 9.90. The SMILES string of the molecule is COC(=O)CC1c2cc(OC)c(OC)cc2CCN1C(=O)COc1ccc(C)cc1OC. The molecule has 0 bridgehead atoms. The van der Waals surface area contributed by atoms with Gasteiger partial charge in [0.05, 0.1) is 40.9 Å². The molecule has 1 aliphatic heterocycles. The highest BCUT2D eigenvalue weighted by Crippen LogP contribution is 2.39. The smallest absolute Gasteiger partial charge is 0.307 e. The molecule has 32 heavy (non-hydrogen) atoms. The Bertz CT molecular complexity index is 989. The first-order valence-electron chi connectivity index (χ1n) is 10.3. The molecular formula is C24H29NO7. The minimum absolute atomic E-state index is 0.0264. The van der Waals surface area contributed by atoms with Crippen molar-refractivity contribution in [2.45, 2.75) is 25.8 Å². The normalized spacial score (nSPS) is 14.9. The van der Waals surface area contributed by atoms with Gasteiger partial charge in [0.2, 0.25) is 0 Å². The highest BCUT2D eigenvalue weighted by atomic mass is 16.5. The molecule has 0 saturated heterocycles. The van der Waals surface area contributed by atoms with E-state index in [0.29, 0.717) is 36.0 Å². The molecule has 1 unspecified atom stereocenters. The van der Waals surface area contributed by atoms with Gasteiger partial charge in [-0.1, -0.05) is 6.07 Å². The van der Waals surface area contributed by atoms with Crippen molar-refractivity contribution in [2.24, 2.45) is 0 Å². The predicted octanol–water partition coefficient (Wildman–Crippen LogP) is 3.09. The third-order valence-electron chi connectivity index (χ3n) is 5.58. The van der Waals surface area contributed by atoms with E-state index in [-0.39, 0.29) is 18.9 Å². The van der Waals surface area contributed by atoms with Crippen LogP contribution < -0.4 is 18.9 Å². The van der Waals surface area contributed by atoms with Crippen LogP contribution in [-0.4, -0.2) is 58.4 Å². The highest BCUT2D eigenvalue weighted by Gasteiger charge is 2.34. The van der Waals surface area contributed by atoms with Crippen LogP contribution in [-0.2, 0) is 20.7 Å². The van der Waals surface area contributed by atoms with Crippen molar-refractivity contribution in [3.05, 3.63) is 47.0 Å². The first-order valence-corrected chi connectivity index (χ1v) is 10.3. The monoisotopic (exact) mass is 443 g/mol. The quantitative estimate of drug-likeness (QED) is 0.580. The molecule has 0 radical (unpaired) electrons. The van der Waals surface area contributed by atoms with Crippen LogP contribution in [0.3, 0.4) is 0 Å². The van der Waals surface area contributed by atoms with E-state index in [9.17, 15) is 9.59 Å². The van der Waals surface area contributed by atoms with Gasteiger partial charge in [0.15, 0.2) is 29.6 Å². The fourth-order valence-corrected chi connectivity index (χ4v) is 3.90. The number of nitrogens with zero attached hydrogens (tertiary/aromatic N) is 1. The van der Waals surface area contributed by atoms with E-state index in [4.69, 9.17) is 23.7 Å². The maximum atomic E-state index is 13.2. The number of fused-ring (bicyclic) bond motifs is 1. The molecule has 0 fully saturated rings. The van der Waals surface area contributed by atoms with Crippen molar-refractivity contribution in [1.29, 1.82) is 0 Å². The van der Waals surface area contributed by atoms with E-state index in [2.05, 4.69) is 0 Å². The molecule has 0 N–H and O–H groups in total. The van der Waals surface area contributed by atoms with Gasteiger partial charge < -0.3 is 28.6 Å². The summed E-state index contributed by atoms with van der Waals surface area (Å²) in [5.41, 5.74) is 2.86. The van der Waals surface area contributed by atoms with E-state index in [1.165, 1.54) is 7.11 Å². The van der Waals surface area contributed by atoms with Crippen molar-refractivity contribution in [3.63, 3.8) is 0 Å². The lowest BCUT2D eigenvalue weighted by Gasteiger charge is -2.37. The molecule has 3 rings (SSSR count). The summed E-state index contributed by atoms with van der Waals surface area (Å²) >= 11 is 0. The predicted molar refractivity (Wildman–Crippen MR) is 118 cm³/mol. The first kappa shape index (κ1) is 23.2. The third-order valence-corrected chi connectivity index (χ3v) is 5.58. The Kier molecular flexibility index (Phi) is 7.45. The summed E-state index contributed by atoms with van der Waals surface area (Å²) in [4.78, 5) is 27.0. The topological polar surface area (TPSA) is 83.5 Å². The molecule has 8 heteroatoms. The standard InChI is InChI=1S/C24H29NO7/c1-15-6-7-19(20(10-15)28-2)32-14-23(26)25-9-8-16-11-21(29-3)22(30-4)12-17(16)18(25)13-24(27)31-5/h6-7,10-12,18H,8-9,13-14H2,1-5H3. The molecule has 172 valence electrons. The molecule has 1 aliphatic rings. The van der Waals surface area contributed by atoms with Gasteiger partial charge in [-0.15, -0.1) is 0 Å². The summed E-state index contributed by atoms with van der Waals surface area (Å²) in [5, 5.41) is 0. The van der Waals surface area contributed by atoms with Crippen LogP contribution in [0.5, 0.6) is 23.0 Å². The van der Waals surface area contributed by atoms with Gasteiger partial charge in [-0.05, 0) is 54.3 Å². The van der Waals surface area contributed by atoms with Crippen LogP contribution in [0.15, 0.2) is 30.3 Å². The minimum atomic E-state index is -0.498. The van der Waals surface area contributed by atoms with Crippen LogP contribution >= 0.6 is 0 Å². The lowest BCUT2D eigenvalue weighted by molar-refractivity contribution is -0.144. The zero-order chi connectivity index (χ0) is 23.3. The van der Waals surface area contributed by atoms with E-state index in [1.54, 1.807) is 32.3 Å². The van der Waals surface area contributed by atoms with Crippen molar-refractivity contribution in [2.75, 3.05) is 41.6 Å². The number of benzene rings is 2. The number of rotatable bonds is 8. The van der Waals surface area contributed by atoms with Crippen LogP contribution in [0.25, 0.3) is 0 Å². The summed E-state index contributed by atoms with van der Waals surface area (Å²) in [6.45, 7) is 2.21. The Labute approximate surface area is 188 Å². The van der Waals surface area contributed by atoms with Gasteiger partial charge in [0, 0.05) is 6.54 Å². The molecule has 2 aromatic rings. The van der Waals surface area contributed by atoms with Crippen molar-refractivity contribution in [1.82, 2.24) is 4.90 Å². The van der Waals surface area contributed by atoms with Gasteiger partial charge >= 0.3 is 5.97 Å². The summed E-state index contributed by atoms with van der Waals surface area (Å²) in [5.74, 6) is 1.55. The second kappa shape index (κ2) is 10.3. The fourth-order valence-electron chi connectivity index (χ4n) is 3.90. The van der Waals surface area contributed by atoms with Gasteiger partial charge in [-0.2, -0.15) is 0 Å². The lowest BCUT2D eigenvalue weighted by Crippen LogP contribution is -2.43. The summed E-state index contributed by atoms with van der Waals surface area (Å²) in [6, 6.07) is 8.73. The van der Waals surface area contributed by atoms with E-state index in [0.717, 1.165) is 16.7 Å². The molecule has 0 saturated carbocycles. The summed E-state index contributed by atoms with van der Waals surface area (Å²) in [7, 11) is 6.01. The number of amides is 1. The number of esters is 1. The molecular weight excluding hydrogens is 414 g/mol. The number of methoxy groups -OCH3 is 4. The minimum Gasteiger partial charge on any atom is -0.493 e. The average molecular weight is 443 g/mol. The summed E-state index contributed by atoms with van der Waals surface area (Å²) in [6.07, 6.45) is 0.644. The number of hydrogen-bond donors (Lipinski definition) is 0. The Balaban J connectivity index is 1.86. The fraction of sp³-hybridized carbons (Fsp3) is 0.417. The molecule has 1 atom stereocenters. The van der Waals surface area contributed by atoms with Gasteiger partial charge in [-0.3, -0.25) is 9.59 Å².